The molecule has 0 atom stereocenters. The van der Waals surface area contributed by atoms with E-state index in [1.165, 1.54) is 12.1 Å². The summed E-state index contributed by atoms with van der Waals surface area (Å²) in [4.78, 5) is 18.1. The Morgan fingerprint density at radius 1 is 1.48 bits per heavy atom. The summed E-state index contributed by atoms with van der Waals surface area (Å²) in [6.45, 7) is 2.65. The maximum atomic E-state index is 13.5. The number of imidazole rings is 1. The third-order valence-electron chi connectivity index (χ3n) is 3.38. The van der Waals surface area contributed by atoms with Crippen LogP contribution in [0.25, 0.3) is 11.0 Å². The first-order valence-electron chi connectivity index (χ1n) is 6.62. The number of carbonyl (C=O) groups excluding carboxylic acids is 1. The molecule has 114 valence electrons. The Bertz CT molecular complexity index is 672. The number of aryl methyl sites for hydroxylation is 1. The highest BCUT2D eigenvalue weighted by molar-refractivity contribution is 6.31. The van der Waals surface area contributed by atoms with Gasteiger partial charge in [-0.2, -0.15) is 0 Å². The first-order valence-corrected chi connectivity index (χ1v) is 7.53. The second-order valence-electron chi connectivity index (χ2n) is 4.72. The van der Waals surface area contributed by atoms with E-state index in [1.54, 1.807) is 16.5 Å². The van der Waals surface area contributed by atoms with Gasteiger partial charge in [-0.1, -0.05) is 11.6 Å². The standard InChI is InChI=1S/C14H16Cl2FN3O/c1-3-19(2)14(21)8-20-12-6-9(16)10(17)7-11(12)18-13(20)4-5-15/h6-7H,3-5,8H2,1-2H3. The Balaban J connectivity index is 2.50. The molecule has 0 aliphatic carbocycles. The fourth-order valence-electron chi connectivity index (χ4n) is 2.05. The largest absolute Gasteiger partial charge is 0.344 e. The van der Waals surface area contributed by atoms with Crippen LogP contribution in [0.4, 0.5) is 4.39 Å². The van der Waals surface area contributed by atoms with E-state index in [4.69, 9.17) is 23.2 Å². The molecule has 0 spiro atoms. The fourth-order valence-corrected chi connectivity index (χ4v) is 2.38. The molecular formula is C14H16Cl2FN3O. The molecule has 1 heterocycles. The molecule has 1 amide bonds. The third-order valence-corrected chi connectivity index (χ3v) is 3.86. The number of alkyl halides is 1. The Kier molecular flexibility index (Phi) is 5.06. The number of hydrogen-bond acceptors (Lipinski definition) is 2. The lowest BCUT2D eigenvalue weighted by Crippen LogP contribution is -2.30. The highest BCUT2D eigenvalue weighted by atomic mass is 35.5. The average molecular weight is 332 g/mol. The molecule has 0 radical (unpaired) electrons. The van der Waals surface area contributed by atoms with Gasteiger partial charge in [-0.25, -0.2) is 9.37 Å². The quantitative estimate of drug-likeness (QED) is 0.789. The number of benzene rings is 1. The monoisotopic (exact) mass is 331 g/mol. The van der Waals surface area contributed by atoms with Gasteiger partial charge in [0, 0.05) is 32.0 Å². The Hall–Kier alpha value is -1.33. The van der Waals surface area contributed by atoms with Crippen molar-refractivity contribution in [2.45, 2.75) is 19.9 Å². The van der Waals surface area contributed by atoms with Crippen molar-refractivity contribution in [3.05, 3.63) is 28.8 Å². The van der Waals surface area contributed by atoms with Crippen LogP contribution >= 0.6 is 23.2 Å². The predicted octanol–water partition coefficient (Wildman–Crippen LogP) is 3.09. The highest BCUT2D eigenvalue weighted by Crippen LogP contribution is 2.24. The van der Waals surface area contributed by atoms with Crippen molar-refractivity contribution < 1.29 is 9.18 Å². The van der Waals surface area contributed by atoms with Crippen LogP contribution in [0.15, 0.2) is 12.1 Å². The minimum absolute atomic E-state index is 0.0115. The van der Waals surface area contributed by atoms with Gasteiger partial charge in [-0.05, 0) is 13.0 Å². The van der Waals surface area contributed by atoms with Gasteiger partial charge < -0.3 is 9.47 Å². The van der Waals surface area contributed by atoms with Crippen LogP contribution in [0.3, 0.4) is 0 Å². The molecule has 0 saturated heterocycles. The lowest BCUT2D eigenvalue weighted by molar-refractivity contribution is -0.130. The summed E-state index contributed by atoms with van der Waals surface area (Å²) in [5.74, 6) is 0.452. The van der Waals surface area contributed by atoms with Gasteiger partial charge in [0.05, 0.1) is 16.1 Å². The average Bonchev–Trinajstić information content (AvgIpc) is 2.76. The number of halogens is 3. The summed E-state index contributed by atoms with van der Waals surface area (Å²) >= 11 is 11.6. The molecule has 0 bridgehead atoms. The van der Waals surface area contributed by atoms with E-state index in [-0.39, 0.29) is 17.5 Å². The number of aromatic nitrogens is 2. The van der Waals surface area contributed by atoms with Crippen LogP contribution in [-0.2, 0) is 17.8 Å². The van der Waals surface area contributed by atoms with Crippen LogP contribution in [0.2, 0.25) is 5.02 Å². The molecule has 7 heteroatoms. The number of carbonyl (C=O) groups is 1. The predicted molar refractivity (Wildman–Crippen MR) is 82.4 cm³/mol. The molecule has 0 unspecified atom stereocenters. The second kappa shape index (κ2) is 6.62. The summed E-state index contributed by atoms with van der Waals surface area (Å²) < 4.78 is 15.3. The molecule has 0 aliphatic heterocycles. The van der Waals surface area contributed by atoms with Crippen molar-refractivity contribution in [1.29, 1.82) is 0 Å². The van der Waals surface area contributed by atoms with Crippen LogP contribution in [0, 0.1) is 5.82 Å². The normalized spacial score (nSPS) is 11.1. The molecule has 1 aromatic heterocycles. The number of rotatable bonds is 5. The molecule has 21 heavy (non-hydrogen) atoms. The van der Waals surface area contributed by atoms with Crippen molar-refractivity contribution in [1.82, 2.24) is 14.5 Å². The van der Waals surface area contributed by atoms with Crippen molar-refractivity contribution in [2.24, 2.45) is 0 Å². The number of fused-ring (bicyclic) bond motifs is 1. The molecule has 0 fully saturated rings. The molecule has 2 rings (SSSR count). The number of likely N-dealkylation sites (N-methyl/N-ethyl adjacent to an activating group) is 1. The van der Waals surface area contributed by atoms with Crippen molar-refractivity contribution in [3.63, 3.8) is 0 Å². The van der Waals surface area contributed by atoms with E-state index < -0.39 is 5.82 Å². The van der Waals surface area contributed by atoms with Crippen molar-refractivity contribution in [3.8, 4) is 0 Å². The Morgan fingerprint density at radius 3 is 2.81 bits per heavy atom. The maximum Gasteiger partial charge on any atom is 0.242 e. The molecular weight excluding hydrogens is 316 g/mol. The summed E-state index contributed by atoms with van der Waals surface area (Å²) in [5.41, 5.74) is 1.11. The first kappa shape index (κ1) is 16.0. The fraction of sp³-hybridized carbons (Fsp3) is 0.429. The lowest BCUT2D eigenvalue weighted by atomic mass is 10.3. The van der Waals surface area contributed by atoms with Gasteiger partial charge in [0.25, 0.3) is 0 Å². The second-order valence-corrected chi connectivity index (χ2v) is 5.50. The van der Waals surface area contributed by atoms with Gasteiger partial charge in [0.1, 0.15) is 18.2 Å². The zero-order valence-electron chi connectivity index (χ0n) is 11.9. The first-order chi connectivity index (χ1) is 9.97. The molecule has 4 nitrogen and oxygen atoms in total. The summed E-state index contributed by atoms with van der Waals surface area (Å²) in [6, 6.07) is 2.77. The number of hydrogen-bond donors (Lipinski definition) is 0. The molecule has 0 saturated carbocycles. The third kappa shape index (κ3) is 3.30. The van der Waals surface area contributed by atoms with Gasteiger partial charge >= 0.3 is 0 Å². The minimum atomic E-state index is -0.525. The van der Waals surface area contributed by atoms with Crippen LogP contribution in [0.1, 0.15) is 12.7 Å². The Labute approximate surface area is 132 Å². The summed E-state index contributed by atoms with van der Waals surface area (Å²) in [5, 5.41) is 0.0115. The van der Waals surface area contributed by atoms with E-state index in [9.17, 15) is 9.18 Å². The van der Waals surface area contributed by atoms with E-state index in [1.807, 2.05) is 6.92 Å². The zero-order chi connectivity index (χ0) is 15.6. The summed E-state index contributed by atoms with van der Waals surface area (Å²) in [7, 11) is 1.73. The van der Waals surface area contributed by atoms with E-state index in [2.05, 4.69) is 4.98 Å². The number of amides is 1. The van der Waals surface area contributed by atoms with Crippen LogP contribution < -0.4 is 0 Å². The molecule has 0 aliphatic rings. The van der Waals surface area contributed by atoms with Gasteiger partial charge in [0.2, 0.25) is 5.91 Å². The smallest absolute Gasteiger partial charge is 0.242 e. The highest BCUT2D eigenvalue weighted by Gasteiger charge is 2.17. The van der Waals surface area contributed by atoms with E-state index >= 15 is 0 Å². The molecule has 2 aromatic rings. The molecule has 1 aromatic carbocycles. The van der Waals surface area contributed by atoms with Gasteiger partial charge in [-0.3, -0.25) is 4.79 Å². The Morgan fingerprint density at radius 2 is 2.19 bits per heavy atom. The van der Waals surface area contributed by atoms with Crippen LogP contribution in [0.5, 0.6) is 0 Å². The van der Waals surface area contributed by atoms with Crippen LogP contribution in [-0.4, -0.2) is 39.8 Å². The van der Waals surface area contributed by atoms with Gasteiger partial charge in [0.15, 0.2) is 0 Å². The SMILES string of the molecule is CCN(C)C(=O)Cn1c(CCCl)nc2cc(F)c(Cl)cc21. The lowest BCUT2D eigenvalue weighted by Gasteiger charge is -2.16. The van der Waals surface area contributed by atoms with E-state index in [0.29, 0.717) is 35.7 Å². The maximum absolute atomic E-state index is 13.5. The van der Waals surface area contributed by atoms with Gasteiger partial charge in [-0.15, -0.1) is 11.6 Å². The van der Waals surface area contributed by atoms with Crippen molar-refractivity contribution in [2.75, 3.05) is 19.5 Å². The molecule has 0 N–H and O–H groups in total. The van der Waals surface area contributed by atoms with E-state index in [0.717, 1.165) is 0 Å². The minimum Gasteiger partial charge on any atom is -0.344 e. The van der Waals surface area contributed by atoms with Crippen molar-refractivity contribution >= 4 is 40.1 Å². The summed E-state index contributed by atoms with van der Waals surface area (Å²) in [6.07, 6.45) is 0.499. The zero-order valence-corrected chi connectivity index (χ0v) is 13.4. The topological polar surface area (TPSA) is 38.1 Å². The number of nitrogens with zero attached hydrogens (tertiary/aromatic N) is 3.